The van der Waals surface area contributed by atoms with Crippen molar-refractivity contribution >= 4 is 65.1 Å². The fraction of sp³-hybridized carbons (Fsp3) is 0.561. The number of rotatable bonds is 31. The van der Waals surface area contributed by atoms with Crippen molar-refractivity contribution in [3.05, 3.63) is 54.1 Å². The van der Waals surface area contributed by atoms with Crippen LogP contribution in [0.2, 0.25) is 0 Å². The van der Waals surface area contributed by atoms with Crippen LogP contribution >= 0.6 is 11.8 Å². The Labute approximate surface area is 375 Å². The standard InChI is InChI=1S/C41H63N11O11S/c1-23(2)17-29(50-40(61)31(20-33(44)53)51-39(60)30(18-24-9-5-4-6-10-24)49-35(56)26(43)12-13-34(54)55)38(59)47-27(11-7-8-15-42)36(57)48-28(14-16-64-3)37(58)52-32(41(62)63)19-25-21-45-22-46-25/h4-6,9-10,21-23,26-32H,7-8,11-20,42-43H2,1-3H3,(H2,44,53)(H,45,46)(H,47,59)(H,48,57)(H,49,56)(H,50,61)(H,51,60)(H,52,58)(H,54,55)(H,62,63)/t26-,27-,28-,29-,30-,31-,32-/m0/s1. The molecule has 0 saturated carbocycles. The first-order valence-electron chi connectivity index (χ1n) is 20.9. The molecule has 64 heavy (non-hydrogen) atoms. The van der Waals surface area contributed by atoms with Crippen molar-refractivity contribution in [2.24, 2.45) is 23.1 Å². The van der Waals surface area contributed by atoms with Crippen LogP contribution in [0.5, 0.6) is 0 Å². The molecular weight excluding hydrogens is 855 g/mol. The Morgan fingerprint density at radius 1 is 0.703 bits per heavy atom. The minimum absolute atomic E-state index is 0.0263. The average molecular weight is 918 g/mol. The topological polar surface area (TPSA) is 373 Å². The monoisotopic (exact) mass is 917 g/mol. The summed E-state index contributed by atoms with van der Waals surface area (Å²) in [5, 5.41) is 34.1. The van der Waals surface area contributed by atoms with E-state index in [1.807, 2.05) is 0 Å². The van der Waals surface area contributed by atoms with Crippen LogP contribution in [-0.4, -0.2) is 134 Å². The van der Waals surface area contributed by atoms with Gasteiger partial charge >= 0.3 is 11.9 Å². The van der Waals surface area contributed by atoms with Gasteiger partial charge in [-0.25, -0.2) is 9.78 Å². The van der Waals surface area contributed by atoms with Crippen molar-refractivity contribution in [1.82, 2.24) is 41.9 Å². The molecule has 0 spiro atoms. The number of hydrogen-bond donors (Lipinski definition) is 12. The predicted octanol–water partition coefficient (Wildman–Crippen LogP) is -1.82. The molecule has 1 aromatic heterocycles. The van der Waals surface area contributed by atoms with Gasteiger partial charge in [0.15, 0.2) is 0 Å². The Kier molecular flexibility index (Phi) is 24.1. The van der Waals surface area contributed by atoms with Crippen molar-refractivity contribution in [3.63, 3.8) is 0 Å². The number of hydrogen-bond acceptors (Lipinski definition) is 13. The van der Waals surface area contributed by atoms with E-state index in [0.29, 0.717) is 29.9 Å². The van der Waals surface area contributed by atoms with E-state index in [9.17, 15) is 48.3 Å². The minimum atomic E-state index is -1.65. The molecule has 1 aromatic carbocycles. The highest BCUT2D eigenvalue weighted by Gasteiger charge is 2.34. The Balaban J connectivity index is 2.34. The van der Waals surface area contributed by atoms with Gasteiger partial charge in [0.25, 0.3) is 0 Å². The van der Waals surface area contributed by atoms with Crippen molar-refractivity contribution in [3.8, 4) is 0 Å². The number of carboxylic acid groups (broad SMARTS) is 2. The number of aromatic amines is 1. The van der Waals surface area contributed by atoms with Crippen molar-refractivity contribution < 1.29 is 53.4 Å². The van der Waals surface area contributed by atoms with Gasteiger partial charge in [-0.15, -0.1) is 0 Å². The number of aromatic nitrogens is 2. The van der Waals surface area contributed by atoms with Crippen LogP contribution in [0.15, 0.2) is 42.9 Å². The summed E-state index contributed by atoms with van der Waals surface area (Å²) in [7, 11) is 0. The van der Waals surface area contributed by atoms with E-state index >= 15 is 0 Å². The maximum absolute atomic E-state index is 14.0. The van der Waals surface area contributed by atoms with Gasteiger partial charge < -0.3 is 64.3 Å². The largest absolute Gasteiger partial charge is 0.481 e. The van der Waals surface area contributed by atoms with Gasteiger partial charge in [0.1, 0.15) is 36.3 Å². The number of unbranched alkanes of at least 4 members (excludes halogenated alkanes) is 1. The molecule has 7 amide bonds. The molecule has 0 radical (unpaired) electrons. The highest BCUT2D eigenvalue weighted by atomic mass is 32.2. The average Bonchev–Trinajstić information content (AvgIpc) is 3.76. The summed E-state index contributed by atoms with van der Waals surface area (Å²) in [4.78, 5) is 124. The molecule has 15 N–H and O–H groups in total. The maximum Gasteiger partial charge on any atom is 0.326 e. The zero-order valence-electron chi connectivity index (χ0n) is 36.3. The molecule has 1 heterocycles. The second-order valence-electron chi connectivity index (χ2n) is 15.6. The molecule has 0 aliphatic heterocycles. The van der Waals surface area contributed by atoms with Crippen LogP contribution in [-0.2, 0) is 56.0 Å². The first kappa shape index (κ1) is 54.1. The Hall–Kier alpha value is -6.07. The van der Waals surface area contributed by atoms with Gasteiger partial charge in [0.2, 0.25) is 41.4 Å². The van der Waals surface area contributed by atoms with Crippen LogP contribution in [0.1, 0.15) is 76.5 Å². The van der Waals surface area contributed by atoms with Crippen LogP contribution in [0, 0.1) is 5.92 Å². The molecule has 0 bridgehead atoms. The molecule has 7 atom stereocenters. The number of imidazole rings is 1. The molecule has 0 saturated heterocycles. The van der Waals surface area contributed by atoms with E-state index < -0.39 is 108 Å². The smallest absolute Gasteiger partial charge is 0.326 e. The molecule has 0 unspecified atom stereocenters. The molecule has 22 nitrogen and oxygen atoms in total. The summed E-state index contributed by atoms with van der Waals surface area (Å²) in [5.74, 6) is -8.35. The number of carbonyl (C=O) groups excluding carboxylic acids is 7. The van der Waals surface area contributed by atoms with Crippen LogP contribution in [0.25, 0.3) is 0 Å². The van der Waals surface area contributed by atoms with E-state index in [4.69, 9.17) is 22.3 Å². The van der Waals surface area contributed by atoms with Crippen molar-refractivity contribution in [1.29, 1.82) is 0 Å². The summed E-state index contributed by atoms with van der Waals surface area (Å²) >= 11 is 1.39. The van der Waals surface area contributed by atoms with Gasteiger partial charge in [-0.2, -0.15) is 11.8 Å². The number of carbonyl (C=O) groups is 9. The SMILES string of the molecule is CSCC[C@H](NC(=O)[C@H](CCCCN)NC(=O)[C@H](CC(C)C)NC(=O)[C@H](CC(N)=O)NC(=O)[C@H](Cc1ccccc1)NC(=O)[C@@H](N)CCC(=O)O)C(=O)N[C@@H](Cc1cnc[nH]1)C(=O)O. The summed E-state index contributed by atoms with van der Waals surface area (Å²) < 4.78 is 0. The third kappa shape index (κ3) is 20.4. The van der Waals surface area contributed by atoms with Gasteiger partial charge in [0.05, 0.1) is 18.8 Å². The second-order valence-corrected chi connectivity index (χ2v) is 16.6. The number of nitrogens with two attached hydrogens (primary N) is 3. The minimum Gasteiger partial charge on any atom is -0.481 e. The lowest BCUT2D eigenvalue weighted by Crippen LogP contribution is -2.60. The van der Waals surface area contributed by atoms with Gasteiger partial charge in [-0.05, 0) is 68.6 Å². The van der Waals surface area contributed by atoms with Crippen LogP contribution in [0.4, 0.5) is 0 Å². The normalized spacial score (nSPS) is 14.3. The number of primary amides is 1. The van der Waals surface area contributed by atoms with Crippen LogP contribution < -0.4 is 49.1 Å². The van der Waals surface area contributed by atoms with Gasteiger partial charge in [-0.1, -0.05) is 44.2 Å². The molecule has 0 fully saturated rings. The fourth-order valence-corrected chi connectivity index (χ4v) is 6.78. The zero-order chi connectivity index (χ0) is 47.8. The van der Waals surface area contributed by atoms with E-state index in [1.165, 1.54) is 24.3 Å². The Morgan fingerprint density at radius 3 is 1.80 bits per heavy atom. The lowest BCUT2D eigenvalue weighted by molar-refractivity contribution is -0.142. The lowest BCUT2D eigenvalue weighted by atomic mass is 10.0. The first-order chi connectivity index (χ1) is 30.3. The Bertz CT molecular complexity index is 1850. The van der Waals surface area contributed by atoms with Gasteiger partial charge in [0, 0.05) is 31.2 Å². The number of carboxylic acids is 2. The molecule has 23 heteroatoms. The predicted molar refractivity (Wildman–Crippen MR) is 236 cm³/mol. The number of benzene rings is 1. The Morgan fingerprint density at radius 2 is 1.25 bits per heavy atom. The number of nitrogens with zero attached hydrogens (tertiary/aromatic N) is 1. The fourth-order valence-electron chi connectivity index (χ4n) is 6.31. The third-order valence-corrected chi connectivity index (χ3v) is 10.4. The summed E-state index contributed by atoms with van der Waals surface area (Å²) in [6.07, 6.45) is 4.09. The maximum atomic E-state index is 14.0. The van der Waals surface area contributed by atoms with Crippen molar-refractivity contribution in [2.75, 3.05) is 18.6 Å². The van der Waals surface area contributed by atoms with Gasteiger partial charge in [-0.3, -0.25) is 38.4 Å². The van der Waals surface area contributed by atoms with Crippen LogP contribution in [0.3, 0.4) is 0 Å². The van der Waals surface area contributed by atoms with Crippen molar-refractivity contribution in [2.45, 2.75) is 120 Å². The summed E-state index contributed by atoms with van der Waals surface area (Å²) in [5.41, 5.74) is 18.1. The second kappa shape index (κ2) is 28.6. The lowest BCUT2D eigenvalue weighted by Gasteiger charge is -2.28. The number of aliphatic carboxylic acids is 2. The first-order valence-corrected chi connectivity index (χ1v) is 22.2. The summed E-state index contributed by atoms with van der Waals surface area (Å²) in [6, 6.07) is -0.928. The zero-order valence-corrected chi connectivity index (χ0v) is 37.1. The molecule has 0 aliphatic rings. The molecule has 2 aromatic rings. The summed E-state index contributed by atoms with van der Waals surface area (Å²) in [6.45, 7) is 3.81. The highest BCUT2D eigenvalue weighted by Crippen LogP contribution is 2.12. The quantitative estimate of drug-likeness (QED) is 0.0371. The molecular formula is C41H63N11O11S. The number of amides is 7. The molecule has 354 valence electrons. The number of H-pyrrole nitrogens is 1. The van der Waals surface area contributed by atoms with E-state index in [2.05, 4.69) is 41.9 Å². The van der Waals surface area contributed by atoms with E-state index in [0.717, 1.165) is 0 Å². The van der Waals surface area contributed by atoms with E-state index in [-0.39, 0.29) is 51.0 Å². The number of nitrogens with one attached hydrogen (secondary N) is 7. The van der Waals surface area contributed by atoms with E-state index in [1.54, 1.807) is 50.4 Å². The molecule has 2 rings (SSSR count). The number of thioether (sulfide) groups is 1. The molecule has 0 aliphatic carbocycles. The highest BCUT2D eigenvalue weighted by molar-refractivity contribution is 7.98. The third-order valence-electron chi connectivity index (χ3n) is 9.72.